The third-order valence-electron chi connectivity index (χ3n) is 3.45. The summed E-state index contributed by atoms with van der Waals surface area (Å²) < 4.78 is 10.4. The van der Waals surface area contributed by atoms with Gasteiger partial charge in [-0.1, -0.05) is 12.1 Å². The first-order valence-electron chi connectivity index (χ1n) is 7.40. The van der Waals surface area contributed by atoms with E-state index in [1.165, 1.54) is 0 Å². The molecule has 0 aliphatic rings. The highest BCUT2D eigenvalue weighted by Gasteiger charge is 2.10. The van der Waals surface area contributed by atoms with E-state index in [-0.39, 0.29) is 18.2 Å². The first kappa shape index (κ1) is 17.3. The molecule has 24 heavy (non-hydrogen) atoms. The molecule has 0 radical (unpaired) electrons. The van der Waals surface area contributed by atoms with Crippen LogP contribution in [-0.4, -0.2) is 33.1 Å². The lowest BCUT2D eigenvalue weighted by Crippen LogP contribution is -2.19. The number of carbonyl (C=O) groups excluding carboxylic acids is 2. The van der Waals surface area contributed by atoms with Gasteiger partial charge in [-0.25, -0.2) is 0 Å². The first-order valence-corrected chi connectivity index (χ1v) is 7.40. The summed E-state index contributed by atoms with van der Waals surface area (Å²) in [5.41, 5.74) is 1.86. The summed E-state index contributed by atoms with van der Waals surface area (Å²) in [5.74, 6) is 0.798. The number of carbonyl (C=O) groups is 2. The van der Waals surface area contributed by atoms with Crippen LogP contribution in [0.25, 0.3) is 0 Å². The highest BCUT2D eigenvalue weighted by atomic mass is 16.5. The van der Waals surface area contributed by atoms with Crippen LogP contribution in [0.3, 0.4) is 0 Å². The van der Waals surface area contributed by atoms with Crippen molar-refractivity contribution >= 4 is 17.5 Å². The van der Waals surface area contributed by atoms with Gasteiger partial charge in [0.25, 0.3) is 5.91 Å². The highest BCUT2D eigenvalue weighted by Crippen LogP contribution is 2.27. The lowest BCUT2D eigenvalue weighted by molar-refractivity contribution is -0.115. The fourth-order valence-corrected chi connectivity index (χ4v) is 2.26. The third kappa shape index (κ3) is 4.25. The van der Waals surface area contributed by atoms with Gasteiger partial charge < -0.3 is 20.1 Å². The molecule has 2 amide bonds. The number of hydrogen-bond donors (Lipinski definition) is 2. The van der Waals surface area contributed by atoms with Gasteiger partial charge in [0.2, 0.25) is 5.91 Å². The Morgan fingerprint density at radius 1 is 1.00 bits per heavy atom. The van der Waals surface area contributed by atoms with E-state index in [1.807, 2.05) is 6.07 Å². The number of nitrogens with one attached hydrogen (secondary N) is 2. The van der Waals surface area contributed by atoms with Crippen LogP contribution < -0.4 is 20.1 Å². The molecule has 2 aromatic carbocycles. The van der Waals surface area contributed by atoms with E-state index in [0.717, 1.165) is 5.56 Å². The molecular weight excluding hydrogens is 308 g/mol. The van der Waals surface area contributed by atoms with Crippen molar-refractivity contribution in [2.45, 2.75) is 6.42 Å². The molecule has 0 heterocycles. The minimum Gasteiger partial charge on any atom is -0.493 e. The lowest BCUT2D eigenvalue weighted by Gasteiger charge is -2.10. The molecular formula is C18H20N2O4. The first-order chi connectivity index (χ1) is 11.6. The second-order valence-electron chi connectivity index (χ2n) is 5.07. The Labute approximate surface area is 140 Å². The van der Waals surface area contributed by atoms with Gasteiger partial charge in [0, 0.05) is 18.3 Å². The fourth-order valence-electron chi connectivity index (χ4n) is 2.26. The second kappa shape index (κ2) is 8.01. The molecule has 0 aliphatic heterocycles. The Morgan fingerprint density at radius 3 is 2.42 bits per heavy atom. The van der Waals surface area contributed by atoms with Crippen molar-refractivity contribution < 1.29 is 19.1 Å². The van der Waals surface area contributed by atoms with Gasteiger partial charge in [0.1, 0.15) is 0 Å². The summed E-state index contributed by atoms with van der Waals surface area (Å²) in [6.07, 6.45) is 0.185. The molecule has 6 nitrogen and oxygen atoms in total. The summed E-state index contributed by atoms with van der Waals surface area (Å²) >= 11 is 0. The Balaban J connectivity index is 2.07. The van der Waals surface area contributed by atoms with E-state index < -0.39 is 0 Å². The molecule has 0 aliphatic carbocycles. The molecule has 6 heteroatoms. The number of benzene rings is 2. The number of anilines is 1. The smallest absolute Gasteiger partial charge is 0.251 e. The largest absolute Gasteiger partial charge is 0.493 e. The summed E-state index contributed by atoms with van der Waals surface area (Å²) in [4.78, 5) is 23.8. The molecule has 2 N–H and O–H groups in total. The average molecular weight is 328 g/mol. The van der Waals surface area contributed by atoms with Crippen molar-refractivity contribution in [1.82, 2.24) is 5.32 Å². The van der Waals surface area contributed by atoms with Gasteiger partial charge >= 0.3 is 0 Å². The summed E-state index contributed by atoms with van der Waals surface area (Å²) in [5, 5.41) is 5.33. The van der Waals surface area contributed by atoms with Gasteiger partial charge in [-0.15, -0.1) is 0 Å². The van der Waals surface area contributed by atoms with Crippen LogP contribution >= 0.6 is 0 Å². The number of methoxy groups -OCH3 is 2. The van der Waals surface area contributed by atoms with Gasteiger partial charge in [-0.3, -0.25) is 9.59 Å². The fraction of sp³-hybridized carbons (Fsp3) is 0.222. The molecule has 0 spiro atoms. The predicted octanol–water partition coefficient (Wildman–Crippen LogP) is 2.24. The standard InChI is InChI=1S/C18H20N2O4/c1-19-18(22)13-5-4-6-14(11-13)20-17(21)10-12-7-8-15(23-2)16(9-12)24-3/h4-9,11H,10H2,1-3H3,(H,19,22)(H,20,21). The molecule has 0 saturated heterocycles. The van der Waals surface area contributed by atoms with Gasteiger partial charge in [-0.05, 0) is 35.9 Å². The maximum atomic E-state index is 12.2. The highest BCUT2D eigenvalue weighted by molar-refractivity contribution is 5.97. The van der Waals surface area contributed by atoms with Crippen molar-refractivity contribution in [3.05, 3.63) is 53.6 Å². The van der Waals surface area contributed by atoms with Crippen LogP contribution in [0.2, 0.25) is 0 Å². The Morgan fingerprint density at radius 2 is 1.75 bits per heavy atom. The Bertz CT molecular complexity index is 744. The van der Waals surface area contributed by atoms with Crippen LogP contribution in [0.5, 0.6) is 11.5 Å². The van der Waals surface area contributed by atoms with E-state index >= 15 is 0 Å². The van der Waals surface area contributed by atoms with Crippen molar-refractivity contribution in [3.63, 3.8) is 0 Å². The molecule has 0 saturated carbocycles. The zero-order chi connectivity index (χ0) is 17.5. The predicted molar refractivity (Wildman–Crippen MR) is 91.7 cm³/mol. The maximum Gasteiger partial charge on any atom is 0.251 e. The molecule has 0 unspecified atom stereocenters. The zero-order valence-electron chi connectivity index (χ0n) is 13.9. The van der Waals surface area contributed by atoms with Crippen molar-refractivity contribution in [1.29, 1.82) is 0 Å². The molecule has 2 aromatic rings. The molecule has 2 rings (SSSR count). The van der Waals surface area contributed by atoms with Crippen molar-refractivity contribution in [2.24, 2.45) is 0 Å². The minimum absolute atomic E-state index is 0.184. The average Bonchev–Trinajstić information content (AvgIpc) is 2.60. The number of rotatable bonds is 6. The van der Waals surface area contributed by atoms with E-state index in [0.29, 0.717) is 22.7 Å². The lowest BCUT2D eigenvalue weighted by atomic mass is 10.1. The summed E-state index contributed by atoms with van der Waals surface area (Å²) in [6, 6.07) is 12.1. The van der Waals surface area contributed by atoms with E-state index in [1.54, 1.807) is 57.7 Å². The number of amides is 2. The third-order valence-corrected chi connectivity index (χ3v) is 3.45. The van der Waals surface area contributed by atoms with E-state index in [2.05, 4.69) is 10.6 Å². The van der Waals surface area contributed by atoms with E-state index in [4.69, 9.17) is 9.47 Å². The maximum absolute atomic E-state index is 12.2. The number of hydrogen-bond acceptors (Lipinski definition) is 4. The molecule has 0 atom stereocenters. The van der Waals surface area contributed by atoms with Crippen molar-refractivity contribution in [2.75, 3.05) is 26.6 Å². The second-order valence-corrected chi connectivity index (χ2v) is 5.07. The molecule has 126 valence electrons. The minimum atomic E-state index is -0.203. The van der Waals surface area contributed by atoms with Crippen LogP contribution in [0, 0.1) is 0 Å². The quantitative estimate of drug-likeness (QED) is 0.853. The normalized spacial score (nSPS) is 9.96. The van der Waals surface area contributed by atoms with Crippen LogP contribution in [0.1, 0.15) is 15.9 Å². The van der Waals surface area contributed by atoms with Crippen molar-refractivity contribution in [3.8, 4) is 11.5 Å². The zero-order valence-corrected chi connectivity index (χ0v) is 13.9. The van der Waals surface area contributed by atoms with Crippen LogP contribution in [0.15, 0.2) is 42.5 Å². The molecule has 0 bridgehead atoms. The topological polar surface area (TPSA) is 76.7 Å². The van der Waals surface area contributed by atoms with Gasteiger partial charge in [0.15, 0.2) is 11.5 Å². The number of ether oxygens (including phenoxy) is 2. The SMILES string of the molecule is CNC(=O)c1cccc(NC(=O)Cc2ccc(OC)c(OC)c2)c1. The van der Waals surface area contributed by atoms with Crippen LogP contribution in [-0.2, 0) is 11.2 Å². The Hall–Kier alpha value is -3.02. The van der Waals surface area contributed by atoms with Gasteiger partial charge in [0.05, 0.1) is 20.6 Å². The van der Waals surface area contributed by atoms with Gasteiger partial charge in [-0.2, -0.15) is 0 Å². The van der Waals surface area contributed by atoms with E-state index in [9.17, 15) is 9.59 Å². The van der Waals surface area contributed by atoms with Crippen LogP contribution in [0.4, 0.5) is 5.69 Å². The summed E-state index contributed by atoms with van der Waals surface area (Å²) in [7, 11) is 4.67. The summed E-state index contributed by atoms with van der Waals surface area (Å²) in [6.45, 7) is 0. The molecule has 0 fully saturated rings. The molecule has 0 aromatic heterocycles. The monoisotopic (exact) mass is 328 g/mol. The Kier molecular flexibility index (Phi) is 5.78.